The van der Waals surface area contributed by atoms with Crippen LogP contribution in [0.3, 0.4) is 0 Å². The summed E-state index contributed by atoms with van der Waals surface area (Å²) in [7, 11) is 0. The highest BCUT2D eigenvalue weighted by atomic mass is 79.9. The summed E-state index contributed by atoms with van der Waals surface area (Å²) < 4.78 is 15.3. The number of fused-ring (bicyclic) bond motifs is 1. The van der Waals surface area contributed by atoms with Gasteiger partial charge in [0.2, 0.25) is 0 Å². The molecule has 0 saturated carbocycles. The van der Waals surface area contributed by atoms with Crippen LogP contribution in [0.2, 0.25) is 0 Å². The SMILES string of the molecule is Cc1nc2ccc(-c3cnc(C(C)(C)O)nc3)cc2c(N[C@H](C)c2cc(Br)ccc2F)c1C. The predicted octanol–water partition coefficient (Wildman–Crippen LogP) is 6.61. The third-order valence-corrected chi connectivity index (χ3v) is 6.28. The molecule has 0 fully saturated rings. The Kier molecular flexibility index (Phi) is 6.20. The monoisotopic (exact) mass is 508 g/mol. The Bertz CT molecular complexity index is 1330. The molecule has 0 aliphatic carbocycles. The van der Waals surface area contributed by atoms with E-state index in [1.54, 1.807) is 38.4 Å². The van der Waals surface area contributed by atoms with E-state index in [4.69, 9.17) is 4.98 Å². The summed E-state index contributed by atoms with van der Waals surface area (Å²) in [6.45, 7) is 9.24. The van der Waals surface area contributed by atoms with Crippen LogP contribution in [0, 0.1) is 19.7 Å². The van der Waals surface area contributed by atoms with Gasteiger partial charge in [-0.05, 0) is 76.1 Å². The van der Waals surface area contributed by atoms with E-state index in [1.807, 2.05) is 39.0 Å². The number of aromatic nitrogens is 3. The molecule has 4 aromatic rings. The normalized spacial score (nSPS) is 12.7. The molecule has 0 aliphatic rings. The molecule has 5 nitrogen and oxygen atoms in total. The topological polar surface area (TPSA) is 70.9 Å². The van der Waals surface area contributed by atoms with Crippen LogP contribution in [0.5, 0.6) is 0 Å². The van der Waals surface area contributed by atoms with Crippen molar-refractivity contribution in [3.05, 3.63) is 81.7 Å². The van der Waals surface area contributed by atoms with E-state index in [0.29, 0.717) is 11.4 Å². The fraction of sp³-hybridized carbons (Fsp3) is 0.269. The molecule has 4 rings (SSSR count). The number of aryl methyl sites for hydroxylation is 1. The first-order valence-corrected chi connectivity index (χ1v) is 11.5. The van der Waals surface area contributed by atoms with Gasteiger partial charge in [0.1, 0.15) is 11.4 Å². The number of halogens is 2. The maximum absolute atomic E-state index is 14.5. The van der Waals surface area contributed by atoms with E-state index in [-0.39, 0.29) is 11.9 Å². The molecule has 0 aliphatic heterocycles. The first-order valence-electron chi connectivity index (χ1n) is 10.7. The van der Waals surface area contributed by atoms with Crippen LogP contribution in [0.15, 0.2) is 53.3 Å². The lowest BCUT2D eigenvalue weighted by atomic mass is 10.0. The van der Waals surface area contributed by atoms with Crippen molar-refractivity contribution in [2.24, 2.45) is 0 Å². The number of nitrogens with zero attached hydrogens (tertiary/aromatic N) is 3. The number of aliphatic hydroxyl groups is 1. The van der Waals surface area contributed by atoms with Crippen molar-refractivity contribution in [3.8, 4) is 11.1 Å². The van der Waals surface area contributed by atoms with Gasteiger partial charge in [-0.2, -0.15) is 0 Å². The van der Waals surface area contributed by atoms with Gasteiger partial charge in [0.05, 0.1) is 11.6 Å². The van der Waals surface area contributed by atoms with Crippen LogP contribution in [0.25, 0.3) is 22.0 Å². The van der Waals surface area contributed by atoms with Gasteiger partial charge in [-0.1, -0.05) is 22.0 Å². The number of rotatable bonds is 5. The number of nitrogens with one attached hydrogen (secondary N) is 1. The third-order valence-electron chi connectivity index (χ3n) is 5.79. The largest absolute Gasteiger partial charge is 0.382 e. The zero-order valence-electron chi connectivity index (χ0n) is 19.2. The van der Waals surface area contributed by atoms with E-state index in [1.165, 1.54) is 6.07 Å². The Hall–Kier alpha value is -2.90. The van der Waals surface area contributed by atoms with Crippen LogP contribution < -0.4 is 5.32 Å². The standard InChI is InChI=1S/C26H26BrFN4O/c1-14-15(2)31-23-9-6-17(18-12-29-25(30-13-18)26(4,5)33)10-21(23)24(14)32-16(3)20-11-19(27)7-8-22(20)28/h6-13,16,33H,1-5H3,(H,31,32)/t16-/m1/s1. The summed E-state index contributed by atoms with van der Waals surface area (Å²) in [6, 6.07) is 10.7. The predicted molar refractivity (Wildman–Crippen MR) is 134 cm³/mol. The van der Waals surface area contributed by atoms with E-state index < -0.39 is 5.60 Å². The minimum Gasteiger partial charge on any atom is -0.382 e. The van der Waals surface area contributed by atoms with Crippen LogP contribution in [-0.4, -0.2) is 20.1 Å². The van der Waals surface area contributed by atoms with Crippen LogP contribution in [-0.2, 0) is 5.60 Å². The minimum atomic E-state index is -1.10. The molecule has 0 saturated heterocycles. The molecule has 0 amide bonds. The summed E-state index contributed by atoms with van der Waals surface area (Å²) in [4.78, 5) is 13.4. The molecular formula is C26H26BrFN4O. The van der Waals surface area contributed by atoms with E-state index in [2.05, 4.69) is 31.2 Å². The highest BCUT2D eigenvalue weighted by Gasteiger charge is 2.20. The Balaban J connectivity index is 1.79. The number of hydrogen-bond acceptors (Lipinski definition) is 5. The van der Waals surface area contributed by atoms with Crippen molar-refractivity contribution < 1.29 is 9.50 Å². The molecule has 2 heterocycles. The second kappa shape index (κ2) is 8.80. The van der Waals surface area contributed by atoms with Gasteiger partial charge >= 0.3 is 0 Å². The van der Waals surface area contributed by atoms with E-state index in [9.17, 15) is 9.50 Å². The van der Waals surface area contributed by atoms with Crippen molar-refractivity contribution in [2.75, 3.05) is 5.32 Å². The Morgan fingerprint density at radius 3 is 2.39 bits per heavy atom. The van der Waals surface area contributed by atoms with E-state index in [0.717, 1.165) is 43.4 Å². The quantitative estimate of drug-likeness (QED) is 0.317. The Morgan fingerprint density at radius 1 is 1.03 bits per heavy atom. The Morgan fingerprint density at radius 2 is 1.73 bits per heavy atom. The first-order chi connectivity index (χ1) is 15.5. The molecular weight excluding hydrogens is 483 g/mol. The van der Waals surface area contributed by atoms with Crippen molar-refractivity contribution in [3.63, 3.8) is 0 Å². The zero-order valence-corrected chi connectivity index (χ0v) is 20.8. The molecule has 2 aromatic heterocycles. The lowest BCUT2D eigenvalue weighted by Gasteiger charge is -2.21. The molecule has 0 spiro atoms. The summed E-state index contributed by atoms with van der Waals surface area (Å²) in [5.41, 5.74) is 4.93. The molecule has 0 bridgehead atoms. The minimum absolute atomic E-state index is 0.254. The highest BCUT2D eigenvalue weighted by molar-refractivity contribution is 9.10. The maximum atomic E-state index is 14.5. The summed E-state index contributed by atoms with van der Waals surface area (Å²) in [5, 5.41) is 14.6. The van der Waals surface area contributed by atoms with Gasteiger partial charge in [-0.15, -0.1) is 0 Å². The lowest BCUT2D eigenvalue weighted by molar-refractivity contribution is 0.0687. The van der Waals surface area contributed by atoms with Crippen molar-refractivity contribution in [2.45, 2.75) is 46.3 Å². The maximum Gasteiger partial charge on any atom is 0.159 e. The molecule has 0 radical (unpaired) electrons. The van der Waals surface area contributed by atoms with Crippen LogP contribution in [0.4, 0.5) is 10.1 Å². The number of hydrogen-bond donors (Lipinski definition) is 2. The molecule has 2 N–H and O–H groups in total. The number of anilines is 1. The van der Waals surface area contributed by atoms with Gasteiger partial charge in [0.25, 0.3) is 0 Å². The van der Waals surface area contributed by atoms with E-state index >= 15 is 0 Å². The van der Waals surface area contributed by atoms with Crippen molar-refractivity contribution in [1.82, 2.24) is 15.0 Å². The van der Waals surface area contributed by atoms with Crippen molar-refractivity contribution in [1.29, 1.82) is 0 Å². The number of pyridine rings is 1. The third kappa shape index (κ3) is 4.75. The fourth-order valence-corrected chi connectivity index (χ4v) is 4.16. The molecule has 33 heavy (non-hydrogen) atoms. The molecule has 0 unspecified atom stereocenters. The summed E-state index contributed by atoms with van der Waals surface area (Å²) in [6.07, 6.45) is 3.42. The van der Waals surface area contributed by atoms with Gasteiger partial charge in [-0.25, -0.2) is 14.4 Å². The zero-order chi connectivity index (χ0) is 23.9. The van der Waals surface area contributed by atoms with Gasteiger partial charge in [0, 0.05) is 44.8 Å². The van der Waals surface area contributed by atoms with Gasteiger partial charge in [0.15, 0.2) is 5.82 Å². The smallest absolute Gasteiger partial charge is 0.159 e. The Labute approximate surface area is 201 Å². The highest BCUT2D eigenvalue weighted by Crippen LogP contribution is 2.34. The van der Waals surface area contributed by atoms with Crippen molar-refractivity contribution >= 4 is 32.5 Å². The first kappa shape index (κ1) is 23.3. The average Bonchev–Trinajstić information content (AvgIpc) is 2.77. The molecule has 7 heteroatoms. The average molecular weight is 509 g/mol. The van der Waals surface area contributed by atoms with Gasteiger partial charge in [-0.3, -0.25) is 4.98 Å². The summed E-state index contributed by atoms with van der Waals surface area (Å²) >= 11 is 3.44. The summed E-state index contributed by atoms with van der Waals surface area (Å²) in [5.74, 6) is 0.114. The second-order valence-corrected chi connectivity index (χ2v) is 9.73. The molecule has 1 atom stereocenters. The second-order valence-electron chi connectivity index (χ2n) is 8.82. The van der Waals surface area contributed by atoms with Crippen LogP contribution >= 0.6 is 15.9 Å². The van der Waals surface area contributed by atoms with Crippen LogP contribution in [0.1, 0.15) is 49.5 Å². The molecule has 2 aromatic carbocycles. The van der Waals surface area contributed by atoms with Gasteiger partial charge < -0.3 is 10.4 Å². The lowest BCUT2D eigenvalue weighted by Crippen LogP contribution is -2.19. The number of benzene rings is 2. The molecule has 170 valence electrons. The fourth-order valence-electron chi connectivity index (χ4n) is 3.78.